The normalized spacial score (nSPS) is 14.8. The number of aldehydes is 1. The van der Waals surface area contributed by atoms with Crippen molar-refractivity contribution in [3.05, 3.63) is 35.5 Å². The molecule has 5 nitrogen and oxygen atoms in total. The zero-order chi connectivity index (χ0) is 14.6. The predicted molar refractivity (Wildman–Crippen MR) is 78.4 cm³/mol. The van der Waals surface area contributed by atoms with Gasteiger partial charge in [0.1, 0.15) is 5.76 Å². The molecule has 0 amide bonds. The summed E-state index contributed by atoms with van der Waals surface area (Å²) in [5.74, 6) is 0.765. The minimum atomic E-state index is 0.523. The maximum Gasteiger partial charge on any atom is 0.152 e. The van der Waals surface area contributed by atoms with E-state index in [2.05, 4.69) is 20.8 Å². The quantitative estimate of drug-likeness (QED) is 0.690. The summed E-state index contributed by atoms with van der Waals surface area (Å²) in [5.41, 5.74) is 5.15. The van der Waals surface area contributed by atoms with E-state index >= 15 is 0 Å². The Kier molecular flexibility index (Phi) is 2.51. The van der Waals surface area contributed by atoms with Crippen LogP contribution in [0.25, 0.3) is 22.2 Å². The van der Waals surface area contributed by atoms with Crippen molar-refractivity contribution in [1.82, 2.24) is 14.7 Å². The van der Waals surface area contributed by atoms with E-state index in [1.807, 2.05) is 26.2 Å². The molecule has 2 heterocycles. The van der Waals surface area contributed by atoms with Crippen molar-refractivity contribution in [3.63, 3.8) is 0 Å². The highest BCUT2D eigenvalue weighted by molar-refractivity contribution is 5.98. The van der Waals surface area contributed by atoms with Gasteiger partial charge in [0.25, 0.3) is 0 Å². The Morgan fingerprint density at radius 2 is 2.14 bits per heavy atom. The highest BCUT2D eigenvalue weighted by atomic mass is 16.5. The maximum atomic E-state index is 11.4. The lowest BCUT2D eigenvalue weighted by molar-refractivity contribution is 0.112. The van der Waals surface area contributed by atoms with Crippen LogP contribution in [0.2, 0.25) is 0 Å². The minimum Gasteiger partial charge on any atom is -0.361 e. The number of aryl methyl sites for hydroxylation is 2. The molecule has 0 N–H and O–H groups in total. The molecule has 0 saturated heterocycles. The Hall–Kier alpha value is -2.43. The third-order valence-electron chi connectivity index (χ3n) is 4.10. The van der Waals surface area contributed by atoms with Gasteiger partial charge in [0.15, 0.2) is 6.29 Å². The van der Waals surface area contributed by atoms with Gasteiger partial charge in [0, 0.05) is 17.2 Å². The van der Waals surface area contributed by atoms with E-state index in [1.54, 1.807) is 0 Å². The fraction of sp³-hybridized carbons (Fsp3) is 0.312. The molecule has 1 saturated carbocycles. The van der Waals surface area contributed by atoms with Crippen LogP contribution in [-0.2, 0) is 0 Å². The predicted octanol–water partition coefficient (Wildman–Crippen LogP) is 3.46. The van der Waals surface area contributed by atoms with Crippen molar-refractivity contribution < 1.29 is 9.32 Å². The molecule has 5 heteroatoms. The molecule has 0 radical (unpaired) electrons. The molecule has 0 aliphatic heterocycles. The van der Waals surface area contributed by atoms with Crippen molar-refractivity contribution >= 4 is 17.3 Å². The van der Waals surface area contributed by atoms with Crippen molar-refractivity contribution in [2.24, 2.45) is 0 Å². The molecule has 106 valence electrons. The molecule has 0 atom stereocenters. The largest absolute Gasteiger partial charge is 0.361 e. The number of nitrogens with zero attached hydrogens (tertiary/aromatic N) is 3. The van der Waals surface area contributed by atoms with Gasteiger partial charge in [0.2, 0.25) is 0 Å². The number of hydrogen-bond donors (Lipinski definition) is 0. The summed E-state index contributed by atoms with van der Waals surface area (Å²) in [6, 6.07) is 4.47. The van der Waals surface area contributed by atoms with Crippen LogP contribution < -0.4 is 0 Å². The van der Waals surface area contributed by atoms with E-state index in [0.29, 0.717) is 11.6 Å². The molecule has 3 aromatic rings. The Balaban J connectivity index is 2.02. The van der Waals surface area contributed by atoms with E-state index in [4.69, 9.17) is 4.52 Å². The van der Waals surface area contributed by atoms with E-state index < -0.39 is 0 Å². The van der Waals surface area contributed by atoms with Crippen molar-refractivity contribution in [1.29, 1.82) is 0 Å². The number of aromatic nitrogens is 3. The van der Waals surface area contributed by atoms with Gasteiger partial charge in [0.05, 0.1) is 23.1 Å². The highest BCUT2D eigenvalue weighted by Gasteiger charge is 2.26. The van der Waals surface area contributed by atoms with Gasteiger partial charge < -0.3 is 9.09 Å². The first kappa shape index (κ1) is 12.3. The smallest absolute Gasteiger partial charge is 0.152 e. The minimum absolute atomic E-state index is 0.523. The summed E-state index contributed by atoms with van der Waals surface area (Å²) < 4.78 is 7.42. The van der Waals surface area contributed by atoms with Crippen molar-refractivity contribution in [2.75, 3.05) is 0 Å². The van der Waals surface area contributed by atoms with E-state index in [9.17, 15) is 4.79 Å². The Morgan fingerprint density at radius 1 is 1.33 bits per heavy atom. The summed E-state index contributed by atoms with van der Waals surface area (Å²) in [6.45, 7) is 3.80. The van der Waals surface area contributed by atoms with Gasteiger partial charge in [-0.1, -0.05) is 5.16 Å². The monoisotopic (exact) mass is 281 g/mol. The highest BCUT2D eigenvalue weighted by Crippen LogP contribution is 2.39. The van der Waals surface area contributed by atoms with Gasteiger partial charge >= 0.3 is 0 Å². The second-order valence-electron chi connectivity index (χ2n) is 5.63. The average molecular weight is 281 g/mol. The number of fused-ring (bicyclic) bond motifs is 1. The molecule has 0 spiro atoms. The van der Waals surface area contributed by atoms with Crippen LogP contribution in [0.3, 0.4) is 0 Å². The fourth-order valence-corrected chi connectivity index (χ4v) is 2.93. The van der Waals surface area contributed by atoms with Gasteiger partial charge in [-0.05, 0) is 44.4 Å². The number of benzene rings is 1. The lowest BCUT2D eigenvalue weighted by atomic mass is 10.0. The van der Waals surface area contributed by atoms with Crippen LogP contribution in [0.15, 0.2) is 23.0 Å². The second-order valence-corrected chi connectivity index (χ2v) is 5.63. The van der Waals surface area contributed by atoms with Gasteiger partial charge in [-0.2, -0.15) is 0 Å². The first-order valence-corrected chi connectivity index (χ1v) is 7.08. The number of carbonyl (C=O) groups excluding carboxylic acids is 1. The van der Waals surface area contributed by atoms with Crippen LogP contribution in [0, 0.1) is 13.8 Å². The number of imidazole rings is 1. The maximum absolute atomic E-state index is 11.4. The molecule has 1 fully saturated rings. The molecule has 0 bridgehead atoms. The van der Waals surface area contributed by atoms with Crippen LogP contribution in [0.4, 0.5) is 0 Å². The summed E-state index contributed by atoms with van der Waals surface area (Å²) in [6.07, 6.45) is 5.07. The molecule has 1 aliphatic rings. The molecule has 1 aliphatic carbocycles. The third-order valence-corrected chi connectivity index (χ3v) is 4.10. The number of hydrogen-bond acceptors (Lipinski definition) is 4. The third kappa shape index (κ3) is 1.81. The van der Waals surface area contributed by atoms with Crippen LogP contribution in [0.5, 0.6) is 0 Å². The topological polar surface area (TPSA) is 60.9 Å². The van der Waals surface area contributed by atoms with E-state index in [-0.39, 0.29) is 0 Å². The molecular formula is C16H15N3O2. The first-order valence-electron chi connectivity index (χ1n) is 7.08. The summed E-state index contributed by atoms with van der Waals surface area (Å²) >= 11 is 0. The van der Waals surface area contributed by atoms with E-state index in [1.165, 1.54) is 12.8 Å². The molecular weight excluding hydrogens is 266 g/mol. The number of rotatable bonds is 3. The van der Waals surface area contributed by atoms with Crippen LogP contribution in [-0.4, -0.2) is 21.0 Å². The molecule has 2 aromatic heterocycles. The fourth-order valence-electron chi connectivity index (χ4n) is 2.93. The van der Waals surface area contributed by atoms with Gasteiger partial charge in [-0.15, -0.1) is 0 Å². The van der Waals surface area contributed by atoms with E-state index in [0.717, 1.165) is 39.9 Å². The summed E-state index contributed by atoms with van der Waals surface area (Å²) in [7, 11) is 0. The average Bonchev–Trinajstić information content (AvgIpc) is 3.15. The zero-order valence-corrected chi connectivity index (χ0v) is 12.0. The zero-order valence-electron chi connectivity index (χ0n) is 12.0. The summed E-state index contributed by atoms with van der Waals surface area (Å²) in [4.78, 5) is 15.8. The SMILES string of the molecule is Cc1noc(C)c1-c1cc(C=O)c2ncn(C3CC3)c2c1. The van der Waals surface area contributed by atoms with Crippen molar-refractivity contribution in [2.45, 2.75) is 32.7 Å². The van der Waals surface area contributed by atoms with Gasteiger partial charge in [-0.3, -0.25) is 4.79 Å². The Bertz CT molecular complexity index is 836. The second kappa shape index (κ2) is 4.28. The van der Waals surface area contributed by atoms with Gasteiger partial charge in [-0.25, -0.2) is 4.98 Å². The standard InChI is InChI=1S/C16H15N3O2/c1-9-15(10(2)21-18-9)11-5-12(7-20)16-14(6-11)19(8-17-16)13-3-4-13/h5-8,13H,3-4H2,1-2H3. The van der Waals surface area contributed by atoms with Crippen molar-refractivity contribution in [3.8, 4) is 11.1 Å². The first-order chi connectivity index (χ1) is 10.2. The Morgan fingerprint density at radius 3 is 2.76 bits per heavy atom. The molecule has 1 aromatic carbocycles. The molecule has 0 unspecified atom stereocenters. The molecule has 4 rings (SSSR count). The summed E-state index contributed by atoms with van der Waals surface area (Å²) in [5, 5.41) is 4.00. The Labute approximate surface area is 121 Å². The van der Waals surface area contributed by atoms with Crippen LogP contribution in [0.1, 0.15) is 40.7 Å². The molecule has 21 heavy (non-hydrogen) atoms. The lowest BCUT2D eigenvalue weighted by Gasteiger charge is -2.06. The van der Waals surface area contributed by atoms with Crippen LogP contribution >= 0.6 is 0 Å². The lowest BCUT2D eigenvalue weighted by Crippen LogP contribution is -1.93. The number of carbonyl (C=O) groups is 1.